The molecule has 8 heteroatoms. The van der Waals surface area contributed by atoms with Crippen LogP contribution in [0.4, 0.5) is 14.5 Å². The lowest BCUT2D eigenvalue weighted by atomic mass is 9.97. The van der Waals surface area contributed by atoms with Crippen LogP contribution in [0.5, 0.6) is 0 Å². The van der Waals surface area contributed by atoms with Gasteiger partial charge in [-0.05, 0) is 50.7 Å². The first kappa shape index (κ1) is 21.3. The van der Waals surface area contributed by atoms with E-state index < -0.39 is 21.7 Å². The molecule has 150 valence electrons. The molecule has 0 unspecified atom stereocenters. The van der Waals surface area contributed by atoms with Gasteiger partial charge in [0.25, 0.3) is 0 Å². The Kier molecular flexibility index (Phi) is 7.77. The fourth-order valence-electron chi connectivity index (χ4n) is 3.09. The van der Waals surface area contributed by atoms with E-state index in [1.54, 1.807) is 0 Å². The van der Waals surface area contributed by atoms with Crippen LogP contribution >= 0.6 is 0 Å². The molecule has 0 bridgehead atoms. The largest absolute Gasteiger partial charge is 0.356 e. The second-order valence-corrected chi connectivity index (χ2v) is 8.65. The Hall–Kier alpha value is -1.96. The zero-order valence-corrected chi connectivity index (χ0v) is 16.3. The minimum atomic E-state index is -3.67. The first-order valence-electron chi connectivity index (χ1n) is 9.15. The molecule has 0 aliphatic heterocycles. The van der Waals surface area contributed by atoms with Crippen LogP contribution in [0.2, 0.25) is 0 Å². The predicted octanol–water partition coefficient (Wildman–Crippen LogP) is 3.52. The highest BCUT2D eigenvalue weighted by molar-refractivity contribution is 7.92. The number of carbonyl (C=O) groups excluding carboxylic acids is 1. The fourth-order valence-corrected chi connectivity index (χ4v) is 4.05. The van der Waals surface area contributed by atoms with E-state index in [-0.39, 0.29) is 31.0 Å². The molecule has 27 heavy (non-hydrogen) atoms. The monoisotopic (exact) mass is 400 g/mol. The Morgan fingerprint density at radius 1 is 1.22 bits per heavy atom. The molecule has 0 fully saturated rings. The van der Waals surface area contributed by atoms with Crippen molar-refractivity contribution in [3.63, 3.8) is 0 Å². The normalized spacial score (nSPS) is 14.6. The zero-order valence-electron chi connectivity index (χ0n) is 15.5. The van der Waals surface area contributed by atoms with Crippen molar-refractivity contribution >= 4 is 21.6 Å². The van der Waals surface area contributed by atoms with Crippen molar-refractivity contribution in [3.8, 4) is 0 Å². The number of hydrogen-bond acceptors (Lipinski definition) is 3. The molecule has 0 aromatic heterocycles. The third-order valence-corrected chi connectivity index (χ3v) is 5.70. The average molecular weight is 400 g/mol. The van der Waals surface area contributed by atoms with Gasteiger partial charge in [0.05, 0.1) is 11.9 Å². The van der Waals surface area contributed by atoms with Gasteiger partial charge in [0.15, 0.2) is 11.6 Å². The Bertz CT molecular complexity index is 794. The van der Waals surface area contributed by atoms with Gasteiger partial charge in [-0.2, -0.15) is 0 Å². The van der Waals surface area contributed by atoms with Gasteiger partial charge in [-0.25, -0.2) is 17.2 Å². The van der Waals surface area contributed by atoms with Crippen molar-refractivity contribution < 1.29 is 22.0 Å². The van der Waals surface area contributed by atoms with Crippen LogP contribution in [0.15, 0.2) is 29.8 Å². The number of hydrogen-bond donors (Lipinski definition) is 1. The van der Waals surface area contributed by atoms with Gasteiger partial charge in [-0.15, -0.1) is 0 Å². The van der Waals surface area contributed by atoms with Crippen molar-refractivity contribution in [2.75, 3.05) is 23.7 Å². The standard InChI is InChI=1S/C19H26F2N2O3S/c1-27(25,26)23(16-9-10-17(20)18(21)14-16)13-5-8-19(24)22-12-11-15-6-3-2-4-7-15/h6,9-10,14H,2-5,7-8,11-13H2,1H3,(H,22,24). The molecule has 0 saturated heterocycles. The summed E-state index contributed by atoms with van der Waals surface area (Å²) in [6, 6.07) is 2.93. The molecule has 1 aliphatic carbocycles. The molecule has 2 rings (SSSR count). The SMILES string of the molecule is CS(=O)(=O)N(CCCC(=O)NCCC1=CCCCC1)c1ccc(F)c(F)c1. The molecule has 0 heterocycles. The third kappa shape index (κ3) is 6.93. The van der Waals surface area contributed by atoms with Crippen LogP contribution in [0.3, 0.4) is 0 Å². The molecule has 0 atom stereocenters. The number of halogens is 2. The zero-order chi connectivity index (χ0) is 19.9. The minimum Gasteiger partial charge on any atom is -0.356 e. The Morgan fingerprint density at radius 2 is 2.00 bits per heavy atom. The van der Waals surface area contributed by atoms with Crippen molar-refractivity contribution in [2.24, 2.45) is 0 Å². The van der Waals surface area contributed by atoms with Crippen LogP contribution in [-0.4, -0.2) is 33.7 Å². The molecule has 1 aromatic carbocycles. The highest BCUT2D eigenvalue weighted by atomic mass is 32.2. The number of nitrogens with zero attached hydrogens (tertiary/aromatic N) is 1. The summed E-state index contributed by atoms with van der Waals surface area (Å²) in [6.45, 7) is 0.589. The summed E-state index contributed by atoms with van der Waals surface area (Å²) < 4.78 is 51.4. The number of nitrogens with one attached hydrogen (secondary N) is 1. The molecule has 0 spiro atoms. The predicted molar refractivity (Wildman–Crippen MR) is 102 cm³/mol. The number of carbonyl (C=O) groups is 1. The first-order valence-corrected chi connectivity index (χ1v) is 11.0. The summed E-state index contributed by atoms with van der Waals surface area (Å²) in [7, 11) is -3.67. The molecule has 5 nitrogen and oxygen atoms in total. The number of benzene rings is 1. The highest BCUT2D eigenvalue weighted by Gasteiger charge is 2.19. The van der Waals surface area contributed by atoms with E-state index in [1.807, 2.05) is 0 Å². The maximum absolute atomic E-state index is 13.4. The van der Waals surface area contributed by atoms with E-state index in [0.717, 1.165) is 42.0 Å². The highest BCUT2D eigenvalue weighted by Crippen LogP contribution is 2.21. The Balaban J connectivity index is 1.81. The van der Waals surface area contributed by atoms with E-state index in [4.69, 9.17) is 0 Å². The summed E-state index contributed by atoms with van der Waals surface area (Å²) in [5, 5.41) is 2.84. The maximum Gasteiger partial charge on any atom is 0.232 e. The Labute approximate surface area is 159 Å². The van der Waals surface area contributed by atoms with Gasteiger partial charge in [0, 0.05) is 25.6 Å². The minimum absolute atomic E-state index is 0.0163. The average Bonchev–Trinajstić information content (AvgIpc) is 2.61. The topological polar surface area (TPSA) is 66.5 Å². The summed E-state index contributed by atoms with van der Waals surface area (Å²) >= 11 is 0. The molecular weight excluding hydrogens is 374 g/mol. The van der Waals surface area contributed by atoms with Crippen molar-refractivity contribution in [2.45, 2.75) is 44.9 Å². The van der Waals surface area contributed by atoms with Crippen LogP contribution < -0.4 is 9.62 Å². The summed E-state index contributed by atoms with van der Waals surface area (Å²) in [5.74, 6) is -2.30. The van der Waals surface area contributed by atoms with Gasteiger partial charge in [-0.1, -0.05) is 11.6 Å². The van der Waals surface area contributed by atoms with E-state index in [9.17, 15) is 22.0 Å². The molecule has 0 saturated carbocycles. The second-order valence-electron chi connectivity index (χ2n) is 6.75. The number of allylic oxidation sites excluding steroid dienone is 1. The maximum atomic E-state index is 13.4. The molecular formula is C19H26F2N2O3S. The van der Waals surface area contributed by atoms with Crippen LogP contribution in [-0.2, 0) is 14.8 Å². The Morgan fingerprint density at radius 3 is 2.63 bits per heavy atom. The van der Waals surface area contributed by atoms with Crippen LogP contribution in [0.1, 0.15) is 44.9 Å². The second kappa shape index (κ2) is 9.82. The van der Waals surface area contributed by atoms with Gasteiger partial charge in [0.2, 0.25) is 15.9 Å². The number of rotatable bonds is 9. The summed E-state index contributed by atoms with van der Waals surface area (Å²) in [5.41, 5.74) is 1.42. The quantitative estimate of drug-likeness (QED) is 0.645. The number of anilines is 1. The lowest BCUT2D eigenvalue weighted by Crippen LogP contribution is -2.32. The van der Waals surface area contributed by atoms with Gasteiger partial charge in [-0.3, -0.25) is 9.10 Å². The first-order chi connectivity index (χ1) is 12.8. The summed E-state index contributed by atoms with van der Waals surface area (Å²) in [6.07, 6.45) is 9.14. The van der Waals surface area contributed by atoms with Gasteiger partial charge < -0.3 is 5.32 Å². The number of sulfonamides is 1. The van der Waals surface area contributed by atoms with E-state index in [2.05, 4.69) is 11.4 Å². The van der Waals surface area contributed by atoms with Crippen molar-refractivity contribution in [1.29, 1.82) is 0 Å². The summed E-state index contributed by atoms with van der Waals surface area (Å²) in [4.78, 5) is 11.9. The van der Waals surface area contributed by atoms with E-state index in [0.29, 0.717) is 6.54 Å². The van der Waals surface area contributed by atoms with Crippen LogP contribution in [0.25, 0.3) is 0 Å². The molecule has 1 amide bonds. The smallest absolute Gasteiger partial charge is 0.232 e. The third-order valence-electron chi connectivity index (χ3n) is 4.51. The molecule has 1 N–H and O–H groups in total. The van der Waals surface area contributed by atoms with Gasteiger partial charge in [0.1, 0.15) is 0 Å². The molecule has 0 radical (unpaired) electrons. The fraction of sp³-hybridized carbons (Fsp3) is 0.526. The number of amides is 1. The van der Waals surface area contributed by atoms with Crippen LogP contribution in [0, 0.1) is 11.6 Å². The van der Waals surface area contributed by atoms with Crippen molar-refractivity contribution in [3.05, 3.63) is 41.5 Å². The molecule has 1 aliphatic rings. The lowest BCUT2D eigenvalue weighted by molar-refractivity contribution is -0.121. The van der Waals surface area contributed by atoms with Crippen molar-refractivity contribution in [1.82, 2.24) is 5.32 Å². The van der Waals surface area contributed by atoms with E-state index >= 15 is 0 Å². The lowest BCUT2D eigenvalue weighted by Gasteiger charge is -2.22. The van der Waals surface area contributed by atoms with Gasteiger partial charge >= 0.3 is 0 Å². The molecule has 1 aromatic rings. The van der Waals surface area contributed by atoms with E-state index in [1.165, 1.54) is 24.5 Å².